The number of rotatable bonds is 12. The highest BCUT2D eigenvalue weighted by molar-refractivity contribution is 7.91. The fraction of sp³-hybridized carbons (Fsp3) is 0.474. The summed E-state index contributed by atoms with van der Waals surface area (Å²) in [6.45, 7) is 12.4. The molecule has 2 saturated carbocycles. The smallest absolute Gasteiger partial charge is 0.259 e. The lowest BCUT2D eigenvalue weighted by Gasteiger charge is -2.37. The number of nitrogens with one attached hydrogen (secondary N) is 3. The third kappa shape index (κ3) is 10.6. The lowest BCUT2D eigenvalue weighted by molar-refractivity contribution is -0.140. The number of fused-ring (bicyclic) bond motifs is 3. The van der Waals surface area contributed by atoms with E-state index in [1.54, 1.807) is 31.1 Å². The average Bonchev–Trinajstić information content (AvgIpc) is 4.22. The zero-order valence-corrected chi connectivity index (χ0v) is 45.3. The van der Waals surface area contributed by atoms with Gasteiger partial charge in [0.2, 0.25) is 21.8 Å². The van der Waals surface area contributed by atoms with Crippen molar-refractivity contribution in [3.63, 3.8) is 0 Å². The maximum Gasteiger partial charge on any atom is 0.259 e. The number of aromatic nitrogens is 2. The fourth-order valence-electron chi connectivity index (χ4n) is 10.8. The van der Waals surface area contributed by atoms with Gasteiger partial charge in [0, 0.05) is 77.9 Å². The summed E-state index contributed by atoms with van der Waals surface area (Å²) in [5.41, 5.74) is 4.95. The van der Waals surface area contributed by atoms with E-state index < -0.39 is 56.2 Å². The number of aryl methyl sites for hydroxylation is 2. The molecule has 3 N–H and O–H groups in total. The Kier molecular flexibility index (Phi) is 14.5. The van der Waals surface area contributed by atoms with Crippen molar-refractivity contribution in [1.29, 1.82) is 0 Å². The molecule has 3 aromatic carbocycles. The van der Waals surface area contributed by atoms with Gasteiger partial charge in [-0.15, -0.1) is 11.3 Å². The van der Waals surface area contributed by atoms with Gasteiger partial charge in [-0.3, -0.25) is 23.9 Å². The number of hydrogen-bond donors (Lipinski definition) is 3. The van der Waals surface area contributed by atoms with Crippen LogP contribution in [0.4, 0.5) is 11.4 Å². The molecule has 18 heteroatoms. The summed E-state index contributed by atoms with van der Waals surface area (Å²) in [5.74, 6) is -0.869. The number of benzene rings is 3. The SMILES string of the molecule is COc1ccc2c(O[C@@H]3C[C@H]4C(=O)N[C@]5(C(=O)NS(=O)(=O)C6(C)CC6)C[C@@H]5/C=C\CCCCC[C@H](Nc5cccc(C(=O)N6CCN(c7ccccc7C)CC6)c5)C(=O)N4C3)cc(-c3nc(C(C)C)cs3)nc2c1C. The third-order valence-electron chi connectivity index (χ3n) is 15.9. The molecule has 0 spiro atoms. The predicted octanol–water partition coefficient (Wildman–Crippen LogP) is 8.29. The number of pyridine rings is 1. The summed E-state index contributed by atoms with van der Waals surface area (Å²) in [6, 6.07) is 19.2. The lowest BCUT2D eigenvalue weighted by atomic mass is 10.0. The van der Waals surface area contributed by atoms with Crippen molar-refractivity contribution < 1.29 is 37.1 Å². The lowest BCUT2D eigenvalue weighted by Crippen LogP contribution is -2.58. The van der Waals surface area contributed by atoms with E-state index >= 15 is 9.59 Å². The number of carbonyl (C=O) groups excluding carboxylic acids is 4. The fourth-order valence-corrected chi connectivity index (χ4v) is 13.0. The van der Waals surface area contributed by atoms with Crippen LogP contribution in [0.5, 0.6) is 11.5 Å². The minimum Gasteiger partial charge on any atom is -0.496 e. The molecule has 5 aliphatic rings. The van der Waals surface area contributed by atoms with Gasteiger partial charge in [-0.25, -0.2) is 18.4 Å². The van der Waals surface area contributed by atoms with Crippen molar-refractivity contribution >= 4 is 67.3 Å². The molecule has 0 unspecified atom stereocenters. The van der Waals surface area contributed by atoms with Crippen LogP contribution >= 0.6 is 11.3 Å². The highest BCUT2D eigenvalue weighted by atomic mass is 32.2. The van der Waals surface area contributed by atoms with E-state index in [4.69, 9.17) is 19.4 Å². The number of anilines is 2. The number of allylic oxidation sites excluding steroid dienone is 1. The summed E-state index contributed by atoms with van der Waals surface area (Å²) in [4.78, 5) is 74.6. The molecule has 16 nitrogen and oxygen atoms in total. The number of nitrogens with zero attached hydrogens (tertiary/aromatic N) is 5. The third-order valence-corrected chi connectivity index (χ3v) is 19.0. The van der Waals surface area contributed by atoms with Gasteiger partial charge in [0.1, 0.15) is 45.9 Å². The maximum atomic E-state index is 15.4. The monoisotopic (exact) mass is 1060 g/mol. The Morgan fingerprint density at radius 3 is 2.45 bits per heavy atom. The van der Waals surface area contributed by atoms with Crippen LogP contribution in [0.2, 0.25) is 0 Å². The van der Waals surface area contributed by atoms with Crippen LogP contribution in [-0.4, -0.2) is 120 Å². The minimum absolute atomic E-state index is 0.0282. The molecule has 5 atom stereocenters. The number of sulfonamides is 1. The molecule has 4 amide bonds. The zero-order chi connectivity index (χ0) is 52.8. The number of ether oxygens (including phenoxy) is 2. The molecule has 2 saturated heterocycles. The number of methoxy groups -OCH3 is 1. The van der Waals surface area contributed by atoms with Crippen LogP contribution < -0.4 is 29.7 Å². The summed E-state index contributed by atoms with van der Waals surface area (Å²) >= 11 is 1.49. The number of carbonyl (C=O) groups is 4. The minimum atomic E-state index is -4.03. The maximum absolute atomic E-state index is 15.4. The van der Waals surface area contributed by atoms with Crippen LogP contribution in [0.15, 0.2) is 84.3 Å². The van der Waals surface area contributed by atoms with Crippen molar-refractivity contribution in [2.45, 2.75) is 127 Å². The van der Waals surface area contributed by atoms with E-state index in [0.717, 1.165) is 29.1 Å². The number of piperazine rings is 1. The molecule has 0 radical (unpaired) electrons. The number of hydrogen-bond acceptors (Lipinski definition) is 13. The molecule has 4 fully saturated rings. The highest BCUT2D eigenvalue weighted by Gasteiger charge is 2.63. The van der Waals surface area contributed by atoms with E-state index in [-0.39, 0.29) is 37.1 Å². The van der Waals surface area contributed by atoms with Crippen molar-refractivity contribution in [3.8, 4) is 22.2 Å². The summed E-state index contributed by atoms with van der Waals surface area (Å²) in [6.07, 6.45) is 7.83. The zero-order valence-electron chi connectivity index (χ0n) is 43.7. The van der Waals surface area contributed by atoms with Crippen LogP contribution in [0, 0.1) is 19.8 Å². The standard InChI is InChI=1S/C57H68N8O8S2/c1-35(2)45-34-74-52(60-45)44-31-49(42-21-22-48(72-6)37(4)50(42)59-44)73-41-30-47-51(66)61-57(55(69)62-75(70,71)56(5)23-24-56)32-39(57)17-10-8-7-9-11-19-43(54(68)65(47)33-41)58-40-18-14-16-38(29-40)53(67)64-27-25-63(26-28-64)46-20-13-12-15-36(46)3/h10,12-18,20-22,29,31,34-35,39,41,43,47,58H,7-9,11,19,23-28,30,32-33H2,1-6H3,(H,61,66)(H,62,69)/b17-10-/t39-,41+,43-,47-,57+/m0/s1. The second-order valence-corrected chi connectivity index (χ2v) is 24.6. The Morgan fingerprint density at radius 2 is 1.72 bits per heavy atom. The van der Waals surface area contributed by atoms with Gasteiger partial charge in [-0.2, -0.15) is 0 Å². The van der Waals surface area contributed by atoms with Crippen molar-refractivity contribution in [2.24, 2.45) is 5.92 Å². The molecule has 5 heterocycles. The van der Waals surface area contributed by atoms with Crippen LogP contribution in [-0.2, 0) is 24.4 Å². The Bertz CT molecular complexity index is 3160. The number of thiazole rings is 1. The molecule has 10 rings (SSSR count). The van der Waals surface area contributed by atoms with E-state index in [2.05, 4.69) is 53.2 Å². The van der Waals surface area contributed by atoms with Crippen molar-refractivity contribution in [1.82, 2.24) is 29.8 Å². The number of amides is 4. The first-order valence-corrected chi connectivity index (χ1v) is 28.8. The largest absolute Gasteiger partial charge is 0.496 e. The molecule has 0 bridgehead atoms. The Morgan fingerprint density at radius 1 is 0.933 bits per heavy atom. The molecule has 396 valence electrons. The first-order valence-electron chi connectivity index (χ1n) is 26.4. The van der Waals surface area contributed by atoms with E-state index in [1.807, 2.05) is 71.8 Å². The Hall–Kier alpha value is -6.53. The van der Waals surface area contributed by atoms with Crippen LogP contribution in [0.1, 0.15) is 112 Å². The summed E-state index contributed by atoms with van der Waals surface area (Å²) < 4.78 is 40.9. The normalized spacial score (nSPS) is 24.3. The van der Waals surface area contributed by atoms with Gasteiger partial charge in [0.25, 0.3) is 11.8 Å². The number of para-hydroxylation sites is 1. The van der Waals surface area contributed by atoms with Gasteiger partial charge < -0.3 is 34.8 Å². The summed E-state index contributed by atoms with van der Waals surface area (Å²) in [5, 5.41) is 9.98. The van der Waals surface area contributed by atoms with Crippen molar-refractivity contribution in [2.75, 3.05) is 50.1 Å². The first-order chi connectivity index (χ1) is 36.0. The summed E-state index contributed by atoms with van der Waals surface area (Å²) in [7, 11) is -2.42. The van der Waals surface area contributed by atoms with Gasteiger partial charge >= 0.3 is 0 Å². The van der Waals surface area contributed by atoms with Gasteiger partial charge in [0.15, 0.2) is 0 Å². The Balaban J connectivity index is 0.957. The average molecular weight is 1060 g/mol. The second kappa shape index (κ2) is 20.9. The predicted molar refractivity (Wildman–Crippen MR) is 292 cm³/mol. The molecule has 5 aromatic rings. The molecular formula is C57H68N8O8S2. The van der Waals surface area contributed by atoms with Gasteiger partial charge in [-0.05, 0) is 107 Å². The molecule has 2 aliphatic carbocycles. The quantitative estimate of drug-likeness (QED) is 0.102. The van der Waals surface area contributed by atoms with Crippen LogP contribution in [0.3, 0.4) is 0 Å². The molecule has 2 aromatic heterocycles. The Labute approximate surface area is 443 Å². The van der Waals surface area contributed by atoms with E-state index in [9.17, 15) is 18.0 Å². The topological polar surface area (TPSA) is 192 Å². The molecular weight excluding hydrogens is 989 g/mol. The molecule has 75 heavy (non-hydrogen) atoms. The van der Waals surface area contributed by atoms with E-state index in [1.165, 1.54) is 22.6 Å². The second-order valence-electron chi connectivity index (χ2n) is 21.6. The van der Waals surface area contributed by atoms with Gasteiger partial charge in [-0.1, -0.05) is 63.1 Å². The van der Waals surface area contributed by atoms with Crippen molar-refractivity contribution in [3.05, 3.63) is 107 Å². The highest BCUT2D eigenvalue weighted by Crippen LogP contribution is 2.48. The first kappa shape index (κ1) is 51.9. The molecule has 3 aliphatic heterocycles. The van der Waals surface area contributed by atoms with Crippen LogP contribution in [0.25, 0.3) is 21.6 Å². The van der Waals surface area contributed by atoms with Gasteiger partial charge in [0.05, 0.1) is 29.6 Å². The van der Waals surface area contributed by atoms with E-state index in [0.29, 0.717) is 97.6 Å².